The number of hydrogen-bond donors (Lipinski definition) is 2. The zero-order valence-corrected chi connectivity index (χ0v) is 13.0. The van der Waals surface area contributed by atoms with Crippen LogP contribution < -0.4 is 10.0 Å². The number of aromatic nitrogens is 1. The maximum atomic E-state index is 12.4. The Kier molecular flexibility index (Phi) is 4.65. The lowest BCUT2D eigenvalue weighted by Gasteiger charge is -2.23. The van der Waals surface area contributed by atoms with Gasteiger partial charge < -0.3 is 5.32 Å². The molecule has 1 fully saturated rings. The minimum absolute atomic E-state index is 0.0909. The maximum absolute atomic E-state index is 12.4. The van der Waals surface area contributed by atoms with Crippen molar-refractivity contribution in [2.75, 3.05) is 18.4 Å². The van der Waals surface area contributed by atoms with E-state index in [4.69, 9.17) is 0 Å². The average Bonchev–Trinajstić information content (AvgIpc) is 2.85. The molecule has 0 unspecified atom stereocenters. The van der Waals surface area contributed by atoms with Gasteiger partial charge in [0.05, 0.1) is 0 Å². The number of hydrogen-bond acceptors (Lipinski definition) is 4. The van der Waals surface area contributed by atoms with Crippen LogP contribution in [0.15, 0.2) is 23.2 Å². The van der Waals surface area contributed by atoms with Crippen LogP contribution in [0.1, 0.15) is 39.5 Å². The summed E-state index contributed by atoms with van der Waals surface area (Å²) >= 11 is 0. The first-order valence-electron chi connectivity index (χ1n) is 7.15. The largest absolute Gasteiger partial charge is 0.369 e. The molecule has 1 aromatic heterocycles. The minimum atomic E-state index is -3.51. The first-order valence-corrected chi connectivity index (χ1v) is 8.64. The SMILES string of the molecule is CCNc1ncccc1S(=O)(=O)NCC1(C)CCCC1. The molecule has 0 atom stereocenters. The van der Waals surface area contributed by atoms with Gasteiger partial charge in [0.25, 0.3) is 0 Å². The number of rotatable bonds is 6. The Balaban J connectivity index is 2.14. The summed E-state index contributed by atoms with van der Waals surface area (Å²) in [5.41, 5.74) is 0.0909. The summed E-state index contributed by atoms with van der Waals surface area (Å²) in [5, 5.41) is 2.99. The van der Waals surface area contributed by atoms with E-state index in [1.54, 1.807) is 18.3 Å². The summed E-state index contributed by atoms with van der Waals surface area (Å²) in [5.74, 6) is 0.416. The highest BCUT2D eigenvalue weighted by atomic mass is 32.2. The van der Waals surface area contributed by atoms with E-state index in [-0.39, 0.29) is 10.3 Å². The van der Waals surface area contributed by atoms with Crippen molar-refractivity contribution in [1.29, 1.82) is 0 Å². The topological polar surface area (TPSA) is 71.1 Å². The fraction of sp³-hybridized carbons (Fsp3) is 0.643. The standard InChI is InChI=1S/C14H23N3O2S/c1-3-15-13-12(7-6-10-16-13)20(18,19)17-11-14(2)8-4-5-9-14/h6-7,10,17H,3-5,8-9,11H2,1-2H3,(H,15,16). The Morgan fingerprint density at radius 2 is 2.05 bits per heavy atom. The molecule has 2 N–H and O–H groups in total. The van der Waals surface area contributed by atoms with Crippen molar-refractivity contribution in [3.63, 3.8) is 0 Å². The van der Waals surface area contributed by atoms with Gasteiger partial charge in [-0.15, -0.1) is 0 Å². The Morgan fingerprint density at radius 1 is 1.35 bits per heavy atom. The van der Waals surface area contributed by atoms with Crippen molar-refractivity contribution in [3.8, 4) is 0 Å². The van der Waals surface area contributed by atoms with Crippen molar-refractivity contribution >= 4 is 15.8 Å². The normalized spacial score (nSPS) is 18.1. The second-order valence-electron chi connectivity index (χ2n) is 5.72. The molecule has 2 rings (SSSR count). The van der Waals surface area contributed by atoms with Crippen LogP contribution in [-0.4, -0.2) is 26.5 Å². The van der Waals surface area contributed by atoms with E-state index in [9.17, 15) is 8.42 Å². The summed E-state index contributed by atoms with van der Waals surface area (Å²) in [6.45, 7) is 5.20. The molecule has 0 spiro atoms. The molecular weight excluding hydrogens is 274 g/mol. The summed E-state index contributed by atoms with van der Waals surface area (Å²) in [6.07, 6.45) is 6.14. The number of nitrogens with zero attached hydrogens (tertiary/aromatic N) is 1. The summed E-state index contributed by atoms with van der Waals surface area (Å²) in [7, 11) is -3.51. The third kappa shape index (κ3) is 3.49. The molecule has 0 amide bonds. The Bertz CT molecular complexity index is 551. The highest BCUT2D eigenvalue weighted by Crippen LogP contribution is 2.37. The van der Waals surface area contributed by atoms with E-state index >= 15 is 0 Å². The van der Waals surface area contributed by atoms with Crippen LogP contribution in [0.2, 0.25) is 0 Å². The van der Waals surface area contributed by atoms with Crippen LogP contribution in [0.3, 0.4) is 0 Å². The summed E-state index contributed by atoms with van der Waals surface area (Å²) in [6, 6.07) is 3.23. The molecule has 112 valence electrons. The number of pyridine rings is 1. The Morgan fingerprint density at radius 3 is 2.70 bits per heavy atom. The second-order valence-corrected chi connectivity index (χ2v) is 7.46. The molecule has 0 bridgehead atoms. The quantitative estimate of drug-likeness (QED) is 0.845. The van der Waals surface area contributed by atoms with Gasteiger partial charge in [-0.3, -0.25) is 0 Å². The van der Waals surface area contributed by atoms with Crippen molar-refractivity contribution in [2.45, 2.75) is 44.4 Å². The Hall–Kier alpha value is -1.14. The van der Waals surface area contributed by atoms with Crippen molar-refractivity contribution in [3.05, 3.63) is 18.3 Å². The molecule has 1 heterocycles. The predicted molar refractivity (Wildman–Crippen MR) is 80.2 cm³/mol. The minimum Gasteiger partial charge on any atom is -0.369 e. The lowest BCUT2D eigenvalue weighted by molar-refractivity contribution is 0.336. The monoisotopic (exact) mass is 297 g/mol. The molecule has 5 nitrogen and oxygen atoms in total. The summed E-state index contributed by atoms with van der Waals surface area (Å²) in [4.78, 5) is 4.33. The van der Waals surface area contributed by atoms with Crippen molar-refractivity contribution < 1.29 is 8.42 Å². The summed E-state index contributed by atoms with van der Waals surface area (Å²) < 4.78 is 27.6. The predicted octanol–water partition coefficient (Wildman–Crippen LogP) is 2.37. The first kappa shape index (κ1) is 15.3. The van der Waals surface area contributed by atoms with Crippen LogP contribution in [0.25, 0.3) is 0 Å². The van der Waals surface area contributed by atoms with E-state index < -0.39 is 10.0 Å². The van der Waals surface area contributed by atoms with Crippen LogP contribution >= 0.6 is 0 Å². The second kappa shape index (κ2) is 6.10. The van der Waals surface area contributed by atoms with E-state index in [1.807, 2.05) is 6.92 Å². The fourth-order valence-corrected chi connectivity index (χ4v) is 3.99. The van der Waals surface area contributed by atoms with Gasteiger partial charge in [0, 0.05) is 19.3 Å². The van der Waals surface area contributed by atoms with Gasteiger partial charge >= 0.3 is 0 Å². The molecule has 0 radical (unpaired) electrons. The smallest absolute Gasteiger partial charge is 0.244 e. The van der Waals surface area contributed by atoms with E-state index in [0.29, 0.717) is 18.9 Å². The highest BCUT2D eigenvalue weighted by molar-refractivity contribution is 7.89. The molecular formula is C14H23N3O2S. The van der Waals surface area contributed by atoms with Gasteiger partial charge in [0.1, 0.15) is 10.7 Å². The van der Waals surface area contributed by atoms with Gasteiger partial charge in [0.15, 0.2) is 0 Å². The number of nitrogens with one attached hydrogen (secondary N) is 2. The first-order chi connectivity index (χ1) is 9.47. The van der Waals surface area contributed by atoms with Crippen LogP contribution in [0.5, 0.6) is 0 Å². The fourth-order valence-electron chi connectivity index (χ4n) is 2.66. The van der Waals surface area contributed by atoms with Crippen LogP contribution in [0.4, 0.5) is 5.82 Å². The zero-order valence-electron chi connectivity index (χ0n) is 12.1. The molecule has 0 aliphatic heterocycles. The molecule has 1 saturated carbocycles. The molecule has 6 heteroatoms. The molecule has 1 aliphatic rings. The van der Waals surface area contributed by atoms with Gasteiger partial charge in [-0.2, -0.15) is 0 Å². The third-order valence-electron chi connectivity index (χ3n) is 3.90. The molecule has 0 saturated heterocycles. The highest BCUT2D eigenvalue weighted by Gasteiger charge is 2.30. The zero-order chi connectivity index (χ0) is 14.6. The molecule has 20 heavy (non-hydrogen) atoms. The van der Waals surface area contributed by atoms with Gasteiger partial charge in [0.2, 0.25) is 10.0 Å². The average molecular weight is 297 g/mol. The molecule has 1 aromatic rings. The lowest BCUT2D eigenvalue weighted by atomic mass is 9.89. The molecule has 1 aliphatic carbocycles. The van der Waals surface area contributed by atoms with Gasteiger partial charge in [-0.25, -0.2) is 18.1 Å². The number of anilines is 1. The van der Waals surface area contributed by atoms with Crippen molar-refractivity contribution in [2.24, 2.45) is 5.41 Å². The van der Waals surface area contributed by atoms with E-state index in [1.165, 1.54) is 12.8 Å². The Labute approximate surface area is 121 Å². The lowest BCUT2D eigenvalue weighted by Crippen LogP contribution is -2.34. The number of sulfonamides is 1. The third-order valence-corrected chi connectivity index (χ3v) is 5.34. The maximum Gasteiger partial charge on any atom is 0.244 e. The van der Waals surface area contributed by atoms with Gasteiger partial charge in [-0.05, 0) is 37.3 Å². The van der Waals surface area contributed by atoms with E-state index in [0.717, 1.165) is 12.8 Å². The van der Waals surface area contributed by atoms with Crippen LogP contribution in [0, 0.1) is 5.41 Å². The molecule has 0 aromatic carbocycles. The van der Waals surface area contributed by atoms with Crippen molar-refractivity contribution in [1.82, 2.24) is 9.71 Å². The van der Waals surface area contributed by atoms with E-state index in [2.05, 4.69) is 21.9 Å². The van der Waals surface area contributed by atoms with Gasteiger partial charge in [-0.1, -0.05) is 19.8 Å². The van der Waals surface area contributed by atoms with Crippen LogP contribution in [-0.2, 0) is 10.0 Å².